The Kier molecular flexibility index (Phi) is 5.45. The predicted octanol–water partition coefficient (Wildman–Crippen LogP) is 2.14. The lowest BCUT2D eigenvalue weighted by Crippen LogP contribution is -2.23. The van der Waals surface area contributed by atoms with Crippen LogP contribution >= 0.6 is 23.6 Å². The highest BCUT2D eigenvalue weighted by Crippen LogP contribution is 2.28. The molecule has 2 aromatic rings. The van der Waals surface area contributed by atoms with Crippen LogP contribution in [0, 0.1) is 0 Å². The number of carbonyl (C=O) groups is 1. The fraction of sp³-hybridized carbons (Fsp3) is 0.0714. The fourth-order valence-corrected chi connectivity index (χ4v) is 2.22. The van der Waals surface area contributed by atoms with Gasteiger partial charge in [0.15, 0.2) is 16.6 Å². The van der Waals surface area contributed by atoms with Crippen LogP contribution < -0.4 is 20.6 Å². The van der Waals surface area contributed by atoms with Crippen LogP contribution in [-0.4, -0.2) is 24.4 Å². The molecule has 2 rings (SSSR count). The number of hydrazone groups is 1. The van der Waals surface area contributed by atoms with Crippen LogP contribution in [-0.2, 0) is 0 Å². The highest BCUT2D eigenvalue weighted by atomic mass is 32.1. The van der Waals surface area contributed by atoms with Crippen molar-refractivity contribution in [2.45, 2.75) is 0 Å². The third kappa shape index (κ3) is 4.27. The Balaban J connectivity index is 2.14. The number of nitrogens with two attached hydrogens (primary N) is 1. The number of nitrogens with one attached hydrogen (secondary N) is 1. The molecule has 0 atom stereocenters. The van der Waals surface area contributed by atoms with Gasteiger partial charge in [-0.3, -0.25) is 5.43 Å². The van der Waals surface area contributed by atoms with Gasteiger partial charge in [-0.1, -0.05) is 6.07 Å². The number of thiocarbonyl (C=S) groups is 1. The van der Waals surface area contributed by atoms with Crippen molar-refractivity contribution >= 4 is 40.9 Å². The molecule has 0 aliphatic heterocycles. The molecule has 1 aromatic heterocycles. The molecule has 8 heteroatoms. The van der Waals surface area contributed by atoms with Gasteiger partial charge < -0.3 is 15.2 Å². The molecule has 22 heavy (non-hydrogen) atoms. The minimum absolute atomic E-state index is 0.0738. The molecule has 0 saturated carbocycles. The average Bonchev–Trinajstić information content (AvgIpc) is 3.02. The first-order valence-corrected chi connectivity index (χ1v) is 7.41. The summed E-state index contributed by atoms with van der Waals surface area (Å²) >= 11 is 5.95. The van der Waals surface area contributed by atoms with Crippen molar-refractivity contribution in [1.82, 2.24) is 5.43 Å². The van der Waals surface area contributed by atoms with Crippen molar-refractivity contribution in [3.05, 3.63) is 46.2 Å². The first-order chi connectivity index (χ1) is 10.6. The Hall–Kier alpha value is -2.45. The minimum atomic E-state index is -0.426. The number of hydrogen-bond acceptors (Lipinski definition) is 6. The number of methoxy groups -OCH3 is 1. The van der Waals surface area contributed by atoms with Gasteiger partial charge in [-0.25, -0.2) is 4.79 Å². The summed E-state index contributed by atoms with van der Waals surface area (Å²) in [5.41, 5.74) is 8.45. The summed E-state index contributed by atoms with van der Waals surface area (Å²) in [5.74, 6) is 0.328. The number of hydrogen-bond donors (Lipinski definition) is 2. The van der Waals surface area contributed by atoms with Gasteiger partial charge in [0, 0.05) is 0 Å². The Bertz CT molecular complexity index is 699. The maximum Gasteiger partial charge on any atom is 0.353 e. The number of rotatable bonds is 5. The van der Waals surface area contributed by atoms with E-state index < -0.39 is 5.97 Å². The molecule has 0 saturated heterocycles. The predicted molar refractivity (Wildman–Crippen MR) is 89.8 cm³/mol. The molecule has 114 valence electrons. The summed E-state index contributed by atoms with van der Waals surface area (Å²) in [4.78, 5) is 12.5. The highest BCUT2D eigenvalue weighted by Gasteiger charge is 2.13. The van der Waals surface area contributed by atoms with Crippen molar-refractivity contribution in [2.75, 3.05) is 7.11 Å². The largest absolute Gasteiger partial charge is 0.493 e. The number of nitrogens with zero attached hydrogens (tertiary/aromatic N) is 1. The molecule has 0 unspecified atom stereocenters. The maximum absolute atomic E-state index is 11.9. The maximum atomic E-state index is 11.9. The van der Waals surface area contributed by atoms with Crippen molar-refractivity contribution in [3.8, 4) is 11.5 Å². The summed E-state index contributed by atoms with van der Waals surface area (Å²) in [7, 11) is 1.49. The second-order valence-corrected chi connectivity index (χ2v) is 5.40. The summed E-state index contributed by atoms with van der Waals surface area (Å²) in [6, 6.07) is 8.52. The Labute approximate surface area is 136 Å². The van der Waals surface area contributed by atoms with Crippen LogP contribution in [0.2, 0.25) is 0 Å². The topological polar surface area (TPSA) is 85.9 Å². The standard InChI is InChI=1S/C14H13N3O3S2/c1-19-11-7-9(8-16-17-14(15)21)4-5-10(11)20-13(18)12-3-2-6-22-12/h2-8H,1H3,(H3,15,17,21)/b16-8+. The number of ether oxygens (including phenoxy) is 2. The van der Waals surface area contributed by atoms with Gasteiger partial charge in [-0.15, -0.1) is 11.3 Å². The normalized spacial score (nSPS) is 10.4. The molecule has 0 radical (unpaired) electrons. The molecule has 3 N–H and O–H groups in total. The smallest absolute Gasteiger partial charge is 0.353 e. The number of thiophene rings is 1. The van der Waals surface area contributed by atoms with Crippen molar-refractivity contribution < 1.29 is 14.3 Å². The monoisotopic (exact) mass is 335 g/mol. The van der Waals surface area contributed by atoms with E-state index in [0.29, 0.717) is 16.4 Å². The Morgan fingerprint density at radius 1 is 1.41 bits per heavy atom. The quantitative estimate of drug-likeness (QED) is 0.286. The van der Waals surface area contributed by atoms with Gasteiger partial charge in [-0.05, 0) is 47.4 Å². The second kappa shape index (κ2) is 7.53. The van der Waals surface area contributed by atoms with Crippen LogP contribution in [0.3, 0.4) is 0 Å². The van der Waals surface area contributed by atoms with Gasteiger partial charge in [0.25, 0.3) is 0 Å². The average molecular weight is 335 g/mol. The molecule has 0 fully saturated rings. The van der Waals surface area contributed by atoms with E-state index in [2.05, 4.69) is 22.7 Å². The molecule has 0 spiro atoms. The molecule has 6 nitrogen and oxygen atoms in total. The van der Waals surface area contributed by atoms with E-state index in [1.54, 1.807) is 30.3 Å². The zero-order chi connectivity index (χ0) is 15.9. The van der Waals surface area contributed by atoms with Crippen molar-refractivity contribution in [2.24, 2.45) is 10.8 Å². The fourth-order valence-electron chi connectivity index (χ4n) is 1.56. The third-order valence-electron chi connectivity index (χ3n) is 2.50. The van der Waals surface area contributed by atoms with E-state index in [9.17, 15) is 4.79 Å². The molecular formula is C14H13N3O3S2. The minimum Gasteiger partial charge on any atom is -0.493 e. The van der Waals surface area contributed by atoms with Crippen molar-refractivity contribution in [3.63, 3.8) is 0 Å². The molecule has 1 heterocycles. The number of benzene rings is 1. The summed E-state index contributed by atoms with van der Waals surface area (Å²) in [5, 5.41) is 5.73. The number of carbonyl (C=O) groups excluding carboxylic acids is 1. The SMILES string of the molecule is COc1cc(/C=N/NC(N)=S)ccc1OC(=O)c1cccs1. The summed E-state index contributed by atoms with van der Waals surface area (Å²) < 4.78 is 10.5. The van der Waals surface area contributed by atoms with Crippen molar-refractivity contribution in [1.29, 1.82) is 0 Å². The Morgan fingerprint density at radius 2 is 2.23 bits per heavy atom. The van der Waals surface area contributed by atoms with Crippen LogP contribution in [0.15, 0.2) is 40.8 Å². The van der Waals surface area contributed by atoms with E-state index in [-0.39, 0.29) is 5.11 Å². The molecule has 0 amide bonds. The zero-order valence-corrected chi connectivity index (χ0v) is 13.2. The van der Waals surface area contributed by atoms with Gasteiger partial charge >= 0.3 is 5.97 Å². The zero-order valence-electron chi connectivity index (χ0n) is 11.6. The van der Waals surface area contributed by atoms with E-state index in [4.69, 9.17) is 15.2 Å². The Morgan fingerprint density at radius 3 is 2.86 bits per heavy atom. The van der Waals surface area contributed by atoms with Crippen LogP contribution in [0.1, 0.15) is 15.2 Å². The molecule has 0 aliphatic rings. The lowest BCUT2D eigenvalue weighted by Gasteiger charge is -2.09. The van der Waals surface area contributed by atoms with E-state index in [1.807, 2.05) is 5.38 Å². The first kappa shape index (κ1) is 15.9. The third-order valence-corrected chi connectivity index (χ3v) is 3.44. The van der Waals surface area contributed by atoms with E-state index in [0.717, 1.165) is 5.56 Å². The van der Waals surface area contributed by atoms with Gasteiger partial charge in [0.05, 0.1) is 13.3 Å². The van der Waals surface area contributed by atoms with E-state index in [1.165, 1.54) is 24.7 Å². The molecule has 1 aromatic carbocycles. The lowest BCUT2D eigenvalue weighted by atomic mass is 10.2. The van der Waals surface area contributed by atoms with Crippen LogP contribution in [0.4, 0.5) is 0 Å². The van der Waals surface area contributed by atoms with E-state index >= 15 is 0 Å². The summed E-state index contributed by atoms with van der Waals surface area (Å²) in [6.07, 6.45) is 1.52. The second-order valence-electron chi connectivity index (χ2n) is 4.01. The number of esters is 1. The molecule has 0 aliphatic carbocycles. The lowest BCUT2D eigenvalue weighted by molar-refractivity contribution is 0.0735. The molecule has 0 bridgehead atoms. The van der Waals surface area contributed by atoms with Crippen LogP contribution in [0.25, 0.3) is 0 Å². The van der Waals surface area contributed by atoms with Gasteiger partial charge in [0.2, 0.25) is 0 Å². The summed E-state index contributed by atoms with van der Waals surface area (Å²) in [6.45, 7) is 0. The first-order valence-electron chi connectivity index (χ1n) is 6.12. The van der Waals surface area contributed by atoms with Gasteiger partial charge in [0.1, 0.15) is 4.88 Å². The molecular weight excluding hydrogens is 322 g/mol. The van der Waals surface area contributed by atoms with Crippen LogP contribution in [0.5, 0.6) is 11.5 Å². The van der Waals surface area contributed by atoms with Gasteiger partial charge in [-0.2, -0.15) is 5.10 Å². The highest BCUT2D eigenvalue weighted by molar-refractivity contribution is 7.80.